The van der Waals surface area contributed by atoms with E-state index in [2.05, 4.69) is 5.16 Å². The zero-order valence-electron chi connectivity index (χ0n) is 11.7. The maximum absolute atomic E-state index is 11.0. The Balaban J connectivity index is 1.94. The first-order chi connectivity index (χ1) is 10.1. The lowest BCUT2D eigenvalue weighted by Crippen LogP contribution is -2.50. The van der Waals surface area contributed by atoms with Crippen molar-refractivity contribution in [3.63, 3.8) is 0 Å². The molecule has 2 saturated carbocycles. The van der Waals surface area contributed by atoms with Crippen molar-refractivity contribution < 1.29 is 10.3 Å². The number of nitrogens with zero attached hydrogens (tertiary/aromatic N) is 1. The van der Waals surface area contributed by atoms with Crippen molar-refractivity contribution in [2.24, 2.45) is 11.1 Å². The van der Waals surface area contributed by atoms with E-state index in [4.69, 9.17) is 28.4 Å². The number of hydrogen-bond donors (Lipinski definition) is 2. The molecule has 2 aliphatic rings. The first-order valence-electron chi connectivity index (χ1n) is 7.43. The summed E-state index contributed by atoms with van der Waals surface area (Å²) in [7, 11) is 0. The van der Waals surface area contributed by atoms with Gasteiger partial charge >= 0.3 is 0 Å². The van der Waals surface area contributed by atoms with Crippen LogP contribution in [-0.4, -0.2) is 22.1 Å². The van der Waals surface area contributed by atoms with Crippen molar-refractivity contribution in [3.8, 4) is 0 Å². The van der Waals surface area contributed by atoms with Crippen LogP contribution in [0.5, 0.6) is 0 Å². The smallest absolute Gasteiger partial charge is 0.0718 e. The molecule has 1 aromatic rings. The first kappa shape index (κ1) is 15.1. The molecule has 114 valence electrons. The molecule has 5 heteroatoms. The highest BCUT2D eigenvalue weighted by Crippen LogP contribution is 2.51. The fourth-order valence-electron chi connectivity index (χ4n) is 3.82. The Morgan fingerprint density at radius 3 is 2.52 bits per heavy atom. The number of oxime groups is 1. The molecular formula is C16H19Cl2NO2. The second-order valence-corrected chi connectivity index (χ2v) is 6.99. The van der Waals surface area contributed by atoms with E-state index in [1.165, 1.54) is 0 Å². The average Bonchev–Trinajstić information content (AvgIpc) is 2.89. The summed E-state index contributed by atoms with van der Waals surface area (Å²) in [5.74, 6) is -0.0512. The topological polar surface area (TPSA) is 52.8 Å². The largest absolute Gasteiger partial charge is 0.411 e. The molecule has 0 heterocycles. The van der Waals surface area contributed by atoms with Crippen LogP contribution < -0.4 is 0 Å². The van der Waals surface area contributed by atoms with Crippen molar-refractivity contribution in [1.82, 2.24) is 0 Å². The Hall–Kier alpha value is -0.770. The van der Waals surface area contributed by atoms with Crippen LogP contribution >= 0.6 is 23.2 Å². The fraction of sp³-hybridized carbons (Fsp3) is 0.562. The van der Waals surface area contributed by atoms with E-state index in [-0.39, 0.29) is 11.3 Å². The van der Waals surface area contributed by atoms with Crippen LogP contribution in [0.25, 0.3) is 0 Å². The number of halogens is 2. The van der Waals surface area contributed by atoms with Gasteiger partial charge in [0.05, 0.1) is 21.9 Å². The highest BCUT2D eigenvalue weighted by Gasteiger charge is 2.49. The highest BCUT2D eigenvalue weighted by atomic mass is 35.5. The van der Waals surface area contributed by atoms with Gasteiger partial charge in [0.15, 0.2) is 0 Å². The van der Waals surface area contributed by atoms with Crippen LogP contribution in [0.1, 0.15) is 44.1 Å². The lowest BCUT2D eigenvalue weighted by Gasteiger charge is -2.48. The van der Waals surface area contributed by atoms with Crippen LogP contribution in [0.2, 0.25) is 10.0 Å². The third-order valence-corrected chi connectivity index (χ3v) is 5.93. The minimum Gasteiger partial charge on any atom is -0.411 e. The predicted molar refractivity (Wildman–Crippen MR) is 84.6 cm³/mol. The molecule has 0 saturated heterocycles. The minimum atomic E-state index is -0.531. The van der Waals surface area contributed by atoms with Crippen LogP contribution in [0.3, 0.4) is 0 Å². The van der Waals surface area contributed by atoms with Crippen molar-refractivity contribution in [2.75, 3.05) is 0 Å². The lowest BCUT2D eigenvalue weighted by molar-refractivity contribution is 0.00422. The number of hydrogen-bond acceptors (Lipinski definition) is 3. The number of aliphatic hydroxyl groups is 1. The van der Waals surface area contributed by atoms with Gasteiger partial charge in [0.25, 0.3) is 0 Å². The van der Waals surface area contributed by atoms with Crippen molar-refractivity contribution >= 4 is 28.9 Å². The average molecular weight is 328 g/mol. The third-order valence-electron chi connectivity index (χ3n) is 5.19. The Labute approximate surface area is 134 Å². The van der Waals surface area contributed by atoms with Crippen LogP contribution in [0, 0.1) is 5.92 Å². The molecule has 3 nitrogen and oxygen atoms in total. The van der Waals surface area contributed by atoms with Gasteiger partial charge in [-0.1, -0.05) is 40.8 Å². The summed E-state index contributed by atoms with van der Waals surface area (Å²) < 4.78 is 0. The summed E-state index contributed by atoms with van der Waals surface area (Å²) in [5.41, 5.74) is 1.49. The normalized spacial score (nSPS) is 27.6. The zero-order valence-corrected chi connectivity index (χ0v) is 13.2. The van der Waals surface area contributed by atoms with Gasteiger partial charge < -0.3 is 10.3 Å². The maximum atomic E-state index is 11.0. The SMILES string of the molecule is ON=C1CCC[C@H]1[C@H](O)C1(c2ccc(Cl)c(Cl)c2)CCC1. The Morgan fingerprint density at radius 2 is 1.95 bits per heavy atom. The summed E-state index contributed by atoms with van der Waals surface area (Å²) in [6.45, 7) is 0. The maximum Gasteiger partial charge on any atom is 0.0718 e. The molecule has 2 N–H and O–H groups in total. The first-order valence-corrected chi connectivity index (χ1v) is 8.18. The lowest BCUT2D eigenvalue weighted by atomic mass is 9.58. The van der Waals surface area contributed by atoms with Gasteiger partial charge in [0.2, 0.25) is 0 Å². The molecule has 0 amide bonds. The van der Waals surface area contributed by atoms with Crippen molar-refractivity contribution in [1.29, 1.82) is 0 Å². The molecule has 2 fully saturated rings. The molecule has 1 aromatic carbocycles. The van der Waals surface area contributed by atoms with Crippen molar-refractivity contribution in [3.05, 3.63) is 33.8 Å². The van der Waals surface area contributed by atoms with Crippen molar-refractivity contribution in [2.45, 2.75) is 50.0 Å². The molecule has 0 bridgehead atoms. The molecule has 0 aliphatic heterocycles. The van der Waals surface area contributed by atoms with Gasteiger partial charge in [0.1, 0.15) is 0 Å². The van der Waals surface area contributed by atoms with E-state index >= 15 is 0 Å². The summed E-state index contributed by atoms with van der Waals surface area (Å²) in [5, 5.41) is 24.5. The standard InChI is InChI=1S/C16H19Cl2NO2/c17-12-6-5-10(9-13(12)18)16(7-2-8-16)15(20)11-3-1-4-14(11)19-21/h5-6,9,11,15,20-21H,1-4,7-8H2/t11-,15+/m1/s1. The van der Waals surface area contributed by atoms with Gasteiger partial charge in [-0.15, -0.1) is 0 Å². The molecular weight excluding hydrogens is 309 g/mol. The molecule has 2 aliphatic carbocycles. The summed E-state index contributed by atoms with van der Waals surface area (Å²) in [6, 6.07) is 5.62. The van der Waals surface area contributed by atoms with Crippen LogP contribution in [0.15, 0.2) is 23.4 Å². The molecule has 21 heavy (non-hydrogen) atoms. The predicted octanol–water partition coefficient (Wildman–Crippen LogP) is 4.41. The van der Waals surface area contributed by atoms with Gasteiger partial charge in [-0.25, -0.2) is 0 Å². The van der Waals surface area contributed by atoms with E-state index in [9.17, 15) is 5.11 Å². The monoisotopic (exact) mass is 327 g/mol. The second kappa shape index (κ2) is 5.79. The molecule has 0 spiro atoms. The Morgan fingerprint density at radius 1 is 1.19 bits per heavy atom. The van der Waals surface area contributed by atoms with E-state index in [1.54, 1.807) is 6.07 Å². The van der Waals surface area contributed by atoms with E-state index in [0.29, 0.717) is 10.0 Å². The van der Waals surface area contributed by atoms with E-state index < -0.39 is 6.10 Å². The van der Waals surface area contributed by atoms with E-state index in [1.807, 2.05) is 12.1 Å². The fourth-order valence-corrected chi connectivity index (χ4v) is 4.12. The summed E-state index contributed by atoms with van der Waals surface area (Å²) >= 11 is 12.1. The third kappa shape index (κ3) is 2.45. The summed E-state index contributed by atoms with van der Waals surface area (Å²) in [6.07, 6.45) is 5.05. The van der Waals surface area contributed by atoms with E-state index in [0.717, 1.165) is 49.8 Å². The minimum absolute atomic E-state index is 0.0512. The van der Waals surface area contributed by atoms with Gasteiger partial charge in [-0.3, -0.25) is 0 Å². The number of benzene rings is 1. The molecule has 0 radical (unpaired) electrons. The second-order valence-electron chi connectivity index (χ2n) is 6.17. The molecule has 2 atom stereocenters. The van der Waals surface area contributed by atoms with Gasteiger partial charge in [-0.2, -0.15) is 0 Å². The van der Waals surface area contributed by atoms with Crippen LogP contribution in [0.4, 0.5) is 0 Å². The molecule has 0 unspecified atom stereocenters. The Kier molecular flexibility index (Phi) is 4.17. The molecule has 3 rings (SSSR count). The number of rotatable bonds is 3. The van der Waals surface area contributed by atoms with Gasteiger partial charge in [-0.05, 0) is 49.8 Å². The summed E-state index contributed by atoms with van der Waals surface area (Å²) in [4.78, 5) is 0. The Bertz CT molecular complexity index is 569. The zero-order chi connectivity index (χ0) is 15.0. The van der Waals surface area contributed by atoms with Gasteiger partial charge in [0, 0.05) is 11.3 Å². The van der Waals surface area contributed by atoms with Crippen LogP contribution in [-0.2, 0) is 5.41 Å². The quantitative estimate of drug-likeness (QED) is 0.638. The molecule has 0 aromatic heterocycles. The highest BCUT2D eigenvalue weighted by molar-refractivity contribution is 6.42. The number of aliphatic hydroxyl groups excluding tert-OH is 1.